The quantitative estimate of drug-likeness (QED) is 0.579. The second kappa shape index (κ2) is 9.00. The van der Waals surface area contributed by atoms with Gasteiger partial charge in [0.25, 0.3) is 5.91 Å². The number of benzene rings is 2. The van der Waals surface area contributed by atoms with Gasteiger partial charge >= 0.3 is 0 Å². The fraction of sp³-hybridized carbons (Fsp3) is 0.261. The topological polar surface area (TPSA) is 81.3 Å². The molecule has 6 nitrogen and oxygen atoms in total. The molecule has 1 aliphatic heterocycles. The molecule has 0 fully saturated rings. The molecule has 0 atom stereocenters. The lowest BCUT2D eigenvalue weighted by Crippen LogP contribution is -2.21. The highest BCUT2D eigenvalue weighted by Gasteiger charge is 2.23. The molecule has 0 spiro atoms. The number of amides is 1. The van der Waals surface area contributed by atoms with E-state index in [1.807, 2.05) is 12.1 Å². The van der Waals surface area contributed by atoms with Gasteiger partial charge in [-0.3, -0.25) is 4.79 Å². The van der Waals surface area contributed by atoms with E-state index in [-0.39, 0.29) is 5.82 Å². The third kappa shape index (κ3) is 4.46. The minimum absolute atomic E-state index is 0.266. The Labute approximate surface area is 174 Å². The highest BCUT2D eigenvalue weighted by Crippen LogP contribution is 2.32. The van der Waals surface area contributed by atoms with Gasteiger partial charge in [0.15, 0.2) is 0 Å². The Hall–Kier alpha value is -3.32. The molecule has 30 heavy (non-hydrogen) atoms. The molecule has 0 bridgehead atoms. The van der Waals surface area contributed by atoms with E-state index in [1.54, 1.807) is 12.1 Å². The molecule has 2 N–H and O–H groups in total. The molecule has 0 unspecified atom stereocenters. The summed E-state index contributed by atoms with van der Waals surface area (Å²) in [5, 5.41) is 0. The number of para-hydroxylation sites is 1. The fourth-order valence-corrected chi connectivity index (χ4v) is 3.59. The molecule has 4 rings (SSSR count). The lowest BCUT2D eigenvalue weighted by Gasteiger charge is -2.18. The number of halogens is 1. The lowest BCUT2D eigenvalue weighted by atomic mass is 10.1. The third-order valence-corrected chi connectivity index (χ3v) is 5.13. The second-order valence-corrected chi connectivity index (χ2v) is 7.21. The number of fused-ring (bicyclic) bond motifs is 1. The molecule has 0 saturated carbocycles. The first-order valence-corrected chi connectivity index (χ1v) is 9.95. The Morgan fingerprint density at radius 2 is 1.97 bits per heavy atom. The van der Waals surface area contributed by atoms with Gasteiger partial charge in [0, 0.05) is 25.0 Å². The van der Waals surface area contributed by atoms with E-state index in [4.69, 9.17) is 10.5 Å². The van der Waals surface area contributed by atoms with E-state index >= 15 is 0 Å². The number of carbonyl (C=O) groups is 1. The Bertz CT molecular complexity index is 1040. The molecule has 2 heterocycles. The third-order valence-electron chi connectivity index (χ3n) is 5.13. The monoisotopic (exact) mass is 406 g/mol. The largest absolute Gasteiger partial charge is 0.377 e. The number of ether oxygens (including phenoxy) is 1. The average Bonchev–Trinajstić information content (AvgIpc) is 3.19. The van der Waals surface area contributed by atoms with Crippen LogP contribution in [0.1, 0.15) is 33.6 Å². The Kier molecular flexibility index (Phi) is 5.99. The van der Waals surface area contributed by atoms with E-state index in [0.29, 0.717) is 43.3 Å². The van der Waals surface area contributed by atoms with Gasteiger partial charge in [-0.05, 0) is 48.6 Å². The Morgan fingerprint density at radius 3 is 2.77 bits per heavy atom. The number of nitrogens with zero attached hydrogens (tertiary/aromatic N) is 3. The van der Waals surface area contributed by atoms with E-state index < -0.39 is 5.91 Å². The van der Waals surface area contributed by atoms with Gasteiger partial charge in [-0.2, -0.15) is 0 Å². The van der Waals surface area contributed by atoms with Gasteiger partial charge in [0.2, 0.25) is 5.95 Å². The van der Waals surface area contributed by atoms with E-state index in [0.717, 1.165) is 24.2 Å². The summed E-state index contributed by atoms with van der Waals surface area (Å²) in [6, 6.07) is 14.4. The van der Waals surface area contributed by atoms with Crippen LogP contribution < -0.4 is 10.6 Å². The molecular formula is C23H23FN4O2. The van der Waals surface area contributed by atoms with Crippen LogP contribution in [0.25, 0.3) is 0 Å². The molecular weight excluding hydrogens is 383 g/mol. The number of rotatable bonds is 8. The summed E-state index contributed by atoms with van der Waals surface area (Å²) in [4.78, 5) is 22.9. The van der Waals surface area contributed by atoms with Crippen LogP contribution in [0, 0.1) is 5.82 Å². The number of aryl methyl sites for hydroxylation is 1. The normalized spacial score (nSPS) is 12.8. The minimum atomic E-state index is -0.536. The Morgan fingerprint density at radius 1 is 1.17 bits per heavy atom. The number of carbonyl (C=O) groups excluding carboxylic acids is 1. The van der Waals surface area contributed by atoms with Gasteiger partial charge in [-0.25, -0.2) is 14.4 Å². The standard InChI is InChI=1S/C23H23FN4O2/c24-18-9-7-16(8-10-18)15-30-13-3-5-20-19(22(25)29)14-26-23(27-20)28-12-11-17-4-1-2-6-21(17)28/h1-2,4,6-10,14H,3,5,11-13,15H2,(H2,25,29). The molecule has 0 saturated heterocycles. The van der Waals surface area contributed by atoms with Gasteiger partial charge in [0.1, 0.15) is 5.82 Å². The number of aromatic nitrogens is 2. The maximum Gasteiger partial charge on any atom is 0.252 e. The first kappa shape index (κ1) is 20.0. The smallest absolute Gasteiger partial charge is 0.252 e. The lowest BCUT2D eigenvalue weighted by molar-refractivity contribution is 0.0997. The van der Waals surface area contributed by atoms with Crippen molar-refractivity contribution in [1.82, 2.24) is 9.97 Å². The summed E-state index contributed by atoms with van der Waals surface area (Å²) in [6.45, 7) is 1.69. The zero-order valence-electron chi connectivity index (χ0n) is 16.6. The molecule has 1 amide bonds. The van der Waals surface area contributed by atoms with Crippen LogP contribution >= 0.6 is 0 Å². The summed E-state index contributed by atoms with van der Waals surface area (Å²) in [6.07, 6.45) is 3.67. The van der Waals surface area contributed by atoms with Crippen LogP contribution in [0.3, 0.4) is 0 Å². The first-order valence-electron chi connectivity index (χ1n) is 9.95. The SMILES string of the molecule is NC(=O)c1cnc(N2CCc3ccccc32)nc1CCCOCc1ccc(F)cc1. The average molecular weight is 406 g/mol. The van der Waals surface area contributed by atoms with E-state index in [2.05, 4.69) is 27.0 Å². The number of hydrogen-bond donors (Lipinski definition) is 1. The van der Waals surface area contributed by atoms with Crippen LogP contribution in [-0.4, -0.2) is 29.0 Å². The molecule has 1 aromatic heterocycles. The summed E-state index contributed by atoms with van der Waals surface area (Å²) in [5.74, 6) is -0.226. The summed E-state index contributed by atoms with van der Waals surface area (Å²) < 4.78 is 18.6. The van der Waals surface area contributed by atoms with Gasteiger partial charge < -0.3 is 15.4 Å². The van der Waals surface area contributed by atoms with Crippen molar-refractivity contribution >= 4 is 17.5 Å². The van der Waals surface area contributed by atoms with Gasteiger partial charge in [0.05, 0.1) is 17.9 Å². The summed E-state index contributed by atoms with van der Waals surface area (Å²) in [7, 11) is 0. The maximum atomic E-state index is 13.0. The number of primary amides is 1. The van der Waals surface area contributed by atoms with Gasteiger partial charge in [-0.1, -0.05) is 30.3 Å². The van der Waals surface area contributed by atoms with Crippen molar-refractivity contribution in [2.75, 3.05) is 18.1 Å². The van der Waals surface area contributed by atoms with Crippen LogP contribution in [0.4, 0.5) is 16.0 Å². The molecule has 0 radical (unpaired) electrons. The van der Waals surface area contributed by atoms with Crippen molar-refractivity contribution in [3.8, 4) is 0 Å². The van der Waals surface area contributed by atoms with Crippen LogP contribution in [0.15, 0.2) is 54.7 Å². The second-order valence-electron chi connectivity index (χ2n) is 7.21. The molecule has 154 valence electrons. The predicted molar refractivity (Wildman–Crippen MR) is 112 cm³/mol. The fourth-order valence-electron chi connectivity index (χ4n) is 3.59. The van der Waals surface area contributed by atoms with Crippen LogP contribution in [0.2, 0.25) is 0 Å². The van der Waals surface area contributed by atoms with Crippen molar-refractivity contribution in [2.24, 2.45) is 5.73 Å². The maximum absolute atomic E-state index is 13.0. The highest BCUT2D eigenvalue weighted by molar-refractivity contribution is 5.93. The Balaban J connectivity index is 1.41. The summed E-state index contributed by atoms with van der Waals surface area (Å²) in [5.41, 5.74) is 9.75. The predicted octanol–water partition coefficient (Wildman–Crippen LogP) is 3.56. The van der Waals surface area contributed by atoms with E-state index in [9.17, 15) is 9.18 Å². The van der Waals surface area contributed by atoms with Crippen molar-refractivity contribution in [2.45, 2.75) is 25.9 Å². The zero-order valence-corrected chi connectivity index (χ0v) is 16.6. The molecule has 2 aromatic carbocycles. The van der Waals surface area contributed by atoms with Crippen molar-refractivity contribution in [1.29, 1.82) is 0 Å². The number of anilines is 2. The van der Waals surface area contributed by atoms with Crippen molar-refractivity contribution in [3.05, 3.63) is 82.9 Å². The zero-order chi connectivity index (χ0) is 20.9. The molecule has 0 aliphatic carbocycles. The molecule has 1 aliphatic rings. The first-order chi connectivity index (χ1) is 14.6. The van der Waals surface area contributed by atoms with E-state index in [1.165, 1.54) is 23.9 Å². The molecule has 7 heteroatoms. The van der Waals surface area contributed by atoms with Crippen LogP contribution in [-0.2, 0) is 24.2 Å². The minimum Gasteiger partial charge on any atom is -0.377 e. The number of nitrogens with two attached hydrogens (primary N) is 1. The van der Waals surface area contributed by atoms with Gasteiger partial charge in [-0.15, -0.1) is 0 Å². The molecule has 3 aromatic rings. The van der Waals surface area contributed by atoms with Crippen molar-refractivity contribution in [3.63, 3.8) is 0 Å². The van der Waals surface area contributed by atoms with Crippen molar-refractivity contribution < 1.29 is 13.9 Å². The van der Waals surface area contributed by atoms with Crippen LogP contribution in [0.5, 0.6) is 0 Å². The summed E-state index contributed by atoms with van der Waals surface area (Å²) >= 11 is 0. The highest BCUT2D eigenvalue weighted by atomic mass is 19.1. The number of hydrogen-bond acceptors (Lipinski definition) is 5.